The normalized spacial score (nSPS) is 10.1. The summed E-state index contributed by atoms with van der Waals surface area (Å²) in [6, 6.07) is 0. The first-order valence-corrected chi connectivity index (χ1v) is 3.40. The molecule has 0 aromatic rings. The van der Waals surface area contributed by atoms with Gasteiger partial charge in [0.1, 0.15) is 5.76 Å². The van der Waals surface area contributed by atoms with Crippen LogP contribution in [-0.2, 0) is 0 Å². The van der Waals surface area contributed by atoms with Gasteiger partial charge in [-0.3, -0.25) is 0 Å². The molecule has 0 spiro atoms. The van der Waals surface area contributed by atoms with Gasteiger partial charge in [0.15, 0.2) is 0 Å². The van der Waals surface area contributed by atoms with Gasteiger partial charge in [-0.15, -0.1) is 0 Å². The maximum absolute atomic E-state index is 8.65. The first kappa shape index (κ1) is 9.02. The van der Waals surface area contributed by atoms with Crippen molar-refractivity contribution >= 4 is 0 Å². The maximum atomic E-state index is 8.65. The van der Waals surface area contributed by atoms with Gasteiger partial charge in [0.05, 0.1) is 0 Å². The van der Waals surface area contributed by atoms with Crippen LogP contribution >= 0.6 is 0 Å². The van der Waals surface area contributed by atoms with Crippen LogP contribution in [0, 0.1) is 0 Å². The number of hydrogen-bond acceptors (Lipinski definition) is 1. The van der Waals surface area contributed by atoms with Crippen LogP contribution < -0.4 is 0 Å². The van der Waals surface area contributed by atoms with E-state index in [1.165, 1.54) is 0 Å². The Balaban J connectivity index is 3.67. The third-order valence-electron chi connectivity index (χ3n) is 1.08. The lowest BCUT2D eigenvalue weighted by atomic mass is 10.1. The topological polar surface area (TPSA) is 20.2 Å². The SMILES string of the molecule is C=C(O)/C=C\C(=C)CCC. The molecule has 0 aliphatic carbocycles. The van der Waals surface area contributed by atoms with E-state index in [1.807, 2.05) is 0 Å². The van der Waals surface area contributed by atoms with Gasteiger partial charge in [0, 0.05) is 0 Å². The summed E-state index contributed by atoms with van der Waals surface area (Å²) in [7, 11) is 0. The van der Waals surface area contributed by atoms with E-state index in [9.17, 15) is 0 Å². The Morgan fingerprint density at radius 1 is 1.40 bits per heavy atom. The molecule has 0 saturated carbocycles. The second kappa shape index (κ2) is 4.86. The van der Waals surface area contributed by atoms with Crippen LogP contribution in [0.5, 0.6) is 0 Å². The van der Waals surface area contributed by atoms with Gasteiger partial charge in [0.25, 0.3) is 0 Å². The molecule has 10 heavy (non-hydrogen) atoms. The molecule has 0 atom stereocenters. The molecule has 1 nitrogen and oxygen atoms in total. The standard InChI is InChI=1S/C9H14O/c1-4-5-8(2)6-7-9(3)10/h6-7,10H,2-5H2,1H3/b7-6-. The van der Waals surface area contributed by atoms with Crippen molar-refractivity contribution in [2.75, 3.05) is 0 Å². The van der Waals surface area contributed by atoms with Crippen molar-refractivity contribution in [2.45, 2.75) is 19.8 Å². The van der Waals surface area contributed by atoms with E-state index in [0.29, 0.717) is 0 Å². The van der Waals surface area contributed by atoms with Crippen molar-refractivity contribution in [3.63, 3.8) is 0 Å². The Morgan fingerprint density at radius 2 is 2.00 bits per heavy atom. The van der Waals surface area contributed by atoms with E-state index in [4.69, 9.17) is 5.11 Å². The predicted octanol–water partition coefficient (Wildman–Crippen LogP) is 2.97. The summed E-state index contributed by atoms with van der Waals surface area (Å²) in [6.07, 6.45) is 5.40. The van der Waals surface area contributed by atoms with E-state index in [1.54, 1.807) is 12.2 Å². The molecule has 1 heteroatoms. The van der Waals surface area contributed by atoms with Gasteiger partial charge in [-0.05, 0) is 12.5 Å². The minimum absolute atomic E-state index is 0.0808. The summed E-state index contributed by atoms with van der Waals surface area (Å²) >= 11 is 0. The van der Waals surface area contributed by atoms with Crippen molar-refractivity contribution in [3.05, 3.63) is 36.6 Å². The van der Waals surface area contributed by atoms with E-state index in [2.05, 4.69) is 20.1 Å². The number of allylic oxidation sites excluding steroid dienone is 3. The number of aliphatic hydroxyl groups is 1. The van der Waals surface area contributed by atoms with Crippen LogP contribution in [0.3, 0.4) is 0 Å². The lowest BCUT2D eigenvalue weighted by Crippen LogP contribution is -1.74. The van der Waals surface area contributed by atoms with Gasteiger partial charge in [-0.1, -0.05) is 38.2 Å². The Bertz CT molecular complexity index is 154. The molecule has 0 bridgehead atoms. The highest BCUT2D eigenvalue weighted by Crippen LogP contribution is 2.03. The van der Waals surface area contributed by atoms with Crippen molar-refractivity contribution in [1.29, 1.82) is 0 Å². The zero-order valence-electron chi connectivity index (χ0n) is 6.43. The van der Waals surface area contributed by atoms with Crippen molar-refractivity contribution in [3.8, 4) is 0 Å². The molecule has 0 aliphatic heterocycles. The Morgan fingerprint density at radius 3 is 2.40 bits per heavy atom. The summed E-state index contributed by atoms with van der Waals surface area (Å²) in [6.45, 7) is 9.18. The summed E-state index contributed by atoms with van der Waals surface area (Å²) in [5, 5.41) is 8.65. The number of aliphatic hydroxyl groups excluding tert-OH is 1. The average Bonchev–Trinajstić information content (AvgIpc) is 1.85. The number of rotatable bonds is 4. The molecule has 0 unspecified atom stereocenters. The molecular weight excluding hydrogens is 124 g/mol. The summed E-state index contributed by atoms with van der Waals surface area (Å²) in [5.41, 5.74) is 1.03. The fourth-order valence-corrected chi connectivity index (χ4v) is 0.618. The molecule has 0 amide bonds. The van der Waals surface area contributed by atoms with Crippen molar-refractivity contribution < 1.29 is 5.11 Å². The van der Waals surface area contributed by atoms with Gasteiger partial charge in [0.2, 0.25) is 0 Å². The fourth-order valence-electron chi connectivity index (χ4n) is 0.618. The van der Waals surface area contributed by atoms with Crippen molar-refractivity contribution in [2.24, 2.45) is 0 Å². The quantitative estimate of drug-likeness (QED) is 0.467. The molecule has 0 heterocycles. The molecule has 1 N–H and O–H groups in total. The van der Waals surface area contributed by atoms with Gasteiger partial charge in [-0.2, -0.15) is 0 Å². The molecule has 56 valence electrons. The maximum Gasteiger partial charge on any atom is 0.108 e. The second-order valence-corrected chi connectivity index (χ2v) is 2.23. The van der Waals surface area contributed by atoms with E-state index < -0.39 is 0 Å². The second-order valence-electron chi connectivity index (χ2n) is 2.23. The highest BCUT2D eigenvalue weighted by molar-refractivity contribution is 5.20. The third kappa shape index (κ3) is 5.16. The molecule has 0 aliphatic rings. The predicted molar refractivity (Wildman–Crippen MR) is 45.0 cm³/mol. The summed E-state index contributed by atoms with van der Waals surface area (Å²) in [4.78, 5) is 0. The molecule has 0 aromatic heterocycles. The van der Waals surface area contributed by atoms with Crippen LogP contribution in [-0.4, -0.2) is 5.11 Å². The summed E-state index contributed by atoms with van der Waals surface area (Å²) in [5.74, 6) is 0.0808. The minimum Gasteiger partial charge on any atom is -0.509 e. The van der Waals surface area contributed by atoms with E-state index in [0.717, 1.165) is 18.4 Å². The number of hydrogen-bond donors (Lipinski definition) is 1. The average molecular weight is 138 g/mol. The van der Waals surface area contributed by atoms with Crippen LogP contribution in [0.15, 0.2) is 36.6 Å². The monoisotopic (exact) mass is 138 g/mol. The lowest BCUT2D eigenvalue weighted by molar-refractivity contribution is 0.435. The molecule has 0 fully saturated rings. The minimum atomic E-state index is 0.0808. The zero-order valence-corrected chi connectivity index (χ0v) is 6.43. The zero-order chi connectivity index (χ0) is 7.98. The van der Waals surface area contributed by atoms with E-state index in [-0.39, 0.29) is 5.76 Å². The fraction of sp³-hybridized carbons (Fsp3) is 0.333. The van der Waals surface area contributed by atoms with Gasteiger partial charge >= 0.3 is 0 Å². The van der Waals surface area contributed by atoms with Crippen molar-refractivity contribution in [1.82, 2.24) is 0 Å². The molecular formula is C9H14O. The smallest absolute Gasteiger partial charge is 0.108 e. The highest BCUT2D eigenvalue weighted by Gasteiger charge is 1.84. The van der Waals surface area contributed by atoms with E-state index >= 15 is 0 Å². The molecule has 0 radical (unpaired) electrons. The largest absolute Gasteiger partial charge is 0.509 e. The molecule has 0 saturated heterocycles. The molecule has 0 aromatic carbocycles. The third-order valence-corrected chi connectivity index (χ3v) is 1.08. The first-order valence-electron chi connectivity index (χ1n) is 3.40. The lowest BCUT2D eigenvalue weighted by Gasteiger charge is -1.93. The van der Waals surface area contributed by atoms with Crippen LogP contribution in [0.2, 0.25) is 0 Å². The first-order chi connectivity index (χ1) is 4.66. The van der Waals surface area contributed by atoms with Crippen LogP contribution in [0.4, 0.5) is 0 Å². The highest BCUT2D eigenvalue weighted by atomic mass is 16.3. The van der Waals surface area contributed by atoms with Crippen LogP contribution in [0.25, 0.3) is 0 Å². The Labute approximate surface area is 62.4 Å². The summed E-state index contributed by atoms with van der Waals surface area (Å²) < 4.78 is 0. The van der Waals surface area contributed by atoms with Gasteiger partial charge < -0.3 is 5.11 Å². The van der Waals surface area contributed by atoms with Gasteiger partial charge in [-0.25, -0.2) is 0 Å². The Hall–Kier alpha value is -0.980. The Kier molecular flexibility index (Phi) is 4.38. The molecule has 0 rings (SSSR count). The van der Waals surface area contributed by atoms with Crippen LogP contribution in [0.1, 0.15) is 19.8 Å².